The van der Waals surface area contributed by atoms with Crippen molar-refractivity contribution in [3.63, 3.8) is 0 Å². The predicted octanol–water partition coefficient (Wildman–Crippen LogP) is 0.756. The molecule has 0 aromatic carbocycles. The third kappa shape index (κ3) is 5.58. The maximum Gasteiger partial charge on any atom is 0.421 e. The fourth-order valence-electron chi connectivity index (χ4n) is 0.263. The molecule has 10 heavy (non-hydrogen) atoms. The van der Waals surface area contributed by atoms with Crippen molar-refractivity contribution in [3.05, 3.63) is 11.1 Å². The van der Waals surface area contributed by atoms with Gasteiger partial charge in [-0.1, -0.05) is 22.5 Å². The number of carbonyl (C=O) groups excluding carboxylic acids is 1. The van der Waals surface area contributed by atoms with Crippen LogP contribution in [0.1, 0.15) is 0 Å². The molecule has 0 saturated carbocycles. The fraction of sp³-hybridized carbons (Fsp3) is 0.400. The Bertz CT molecular complexity index is 138. The number of ether oxygens (including phenoxy) is 1. The van der Waals surface area contributed by atoms with Crippen LogP contribution in [-0.4, -0.2) is 19.7 Å². The minimum Gasteiger partial charge on any atom is -0.452 e. The van der Waals surface area contributed by atoms with Crippen LogP contribution in [0.5, 0.6) is 0 Å². The SMILES string of the molecule is C=C(Br)CNNC(=O)OC. The molecule has 0 bridgehead atoms. The zero-order valence-corrected chi connectivity index (χ0v) is 7.19. The molecule has 0 saturated heterocycles. The minimum atomic E-state index is -0.520. The molecule has 0 rings (SSSR count). The van der Waals surface area contributed by atoms with Gasteiger partial charge in [-0.05, 0) is 0 Å². The smallest absolute Gasteiger partial charge is 0.421 e. The molecule has 4 nitrogen and oxygen atoms in total. The summed E-state index contributed by atoms with van der Waals surface area (Å²) in [5.74, 6) is 0. The molecule has 0 fully saturated rings. The average Bonchev–Trinajstić information content (AvgIpc) is 1.87. The van der Waals surface area contributed by atoms with Gasteiger partial charge in [0.05, 0.1) is 7.11 Å². The minimum absolute atomic E-state index is 0.467. The van der Waals surface area contributed by atoms with Crippen molar-refractivity contribution < 1.29 is 9.53 Å². The quantitative estimate of drug-likeness (QED) is 0.674. The maximum atomic E-state index is 10.4. The van der Waals surface area contributed by atoms with Crippen LogP contribution < -0.4 is 10.9 Å². The second kappa shape index (κ2) is 5.25. The van der Waals surface area contributed by atoms with Gasteiger partial charge in [-0.3, -0.25) is 5.43 Å². The van der Waals surface area contributed by atoms with Crippen molar-refractivity contribution in [1.82, 2.24) is 10.9 Å². The summed E-state index contributed by atoms with van der Waals surface area (Å²) in [7, 11) is 1.29. The zero-order valence-electron chi connectivity index (χ0n) is 5.61. The van der Waals surface area contributed by atoms with Crippen LogP contribution in [0.2, 0.25) is 0 Å². The average molecular weight is 209 g/mol. The van der Waals surface area contributed by atoms with Gasteiger partial charge < -0.3 is 4.74 Å². The summed E-state index contributed by atoms with van der Waals surface area (Å²) in [5.41, 5.74) is 4.83. The van der Waals surface area contributed by atoms with Crippen LogP contribution in [0.4, 0.5) is 4.79 Å². The van der Waals surface area contributed by atoms with Crippen molar-refractivity contribution >= 4 is 22.0 Å². The fourth-order valence-corrected chi connectivity index (χ4v) is 0.403. The molecule has 0 atom stereocenters. The third-order valence-corrected chi connectivity index (χ3v) is 0.936. The maximum absolute atomic E-state index is 10.4. The van der Waals surface area contributed by atoms with Gasteiger partial charge in [-0.15, -0.1) is 0 Å². The normalized spacial score (nSPS) is 8.60. The van der Waals surface area contributed by atoms with Gasteiger partial charge in [-0.2, -0.15) is 0 Å². The lowest BCUT2D eigenvalue weighted by molar-refractivity contribution is 0.166. The first-order valence-corrected chi connectivity index (χ1v) is 3.36. The van der Waals surface area contributed by atoms with E-state index in [0.717, 1.165) is 4.48 Å². The first-order valence-electron chi connectivity index (χ1n) is 2.57. The third-order valence-electron chi connectivity index (χ3n) is 0.656. The summed E-state index contributed by atoms with van der Waals surface area (Å²) < 4.78 is 5.03. The van der Waals surface area contributed by atoms with E-state index in [1.807, 2.05) is 0 Å². The van der Waals surface area contributed by atoms with Gasteiger partial charge in [-0.25, -0.2) is 10.2 Å². The van der Waals surface area contributed by atoms with Gasteiger partial charge in [0, 0.05) is 11.0 Å². The number of hydrogen-bond acceptors (Lipinski definition) is 3. The monoisotopic (exact) mass is 208 g/mol. The molecule has 0 aromatic heterocycles. The van der Waals surface area contributed by atoms with E-state index >= 15 is 0 Å². The van der Waals surface area contributed by atoms with Crippen LogP contribution in [0, 0.1) is 0 Å². The zero-order chi connectivity index (χ0) is 7.98. The Labute approximate surface area is 67.7 Å². The summed E-state index contributed by atoms with van der Waals surface area (Å²) >= 11 is 3.10. The Morgan fingerprint density at radius 1 is 1.80 bits per heavy atom. The summed E-state index contributed by atoms with van der Waals surface area (Å²) in [4.78, 5) is 10.4. The summed E-state index contributed by atoms with van der Waals surface area (Å²) in [6.07, 6.45) is -0.520. The van der Waals surface area contributed by atoms with Crippen LogP contribution in [0.3, 0.4) is 0 Å². The van der Waals surface area contributed by atoms with Crippen LogP contribution >= 0.6 is 15.9 Å². The molecule has 0 aromatic rings. The molecule has 0 aliphatic rings. The van der Waals surface area contributed by atoms with E-state index in [-0.39, 0.29) is 0 Å². The Kier molecular flexibility index (Phi) is 4.96. The number of carbonyl (C=O) groups is 1. The largest absolute Gasteiger partial charge is 0.452 e. The molecular weight excluding hydrogens is 200 g/mol. The number of rotatable bonds is 3. The molecule has 58 valence electrons. The van der Waals surface area contributed by atoms with Crippen molar-refractivity contribution in [2.24, 2.45) is 0 Å². The van der Waals surface area contributed by atoms with E-state index < -0.39 is 6.09 Å². The van der Waals surface area contributed by atoms with Gasteiger partial charge in [0.15, 0.2) is 0 Å². The van der Waals surface area contributed by atoms with Crippen molar-refractivity contribution in [2.45, 2.75) is 0 Å². The standard InChI is InChI=1S/C5H9BrN2O2/c1-4(6)3-7-8-5(9)10-2/h7H,1,3H2,2H3,(H,8,9). The van der Waals surface area contributed by atoms with Crippen LogP contribution in [-0.2, 0) is 4.74 Å². The predicted molar refractivity (Wildman–Crippen MR) is 41.6 cm³/mol. The Balaban J connectivity index is 3.20. The number of halogens is 1. The van der Waals surface area contributed by atoms with Gasteiger partial charge >= 0.3 is 6.09 Å². The Hall–Kier alpha value is -0.550. The molecule has 5 heteroatoms. The highest BCUT2D eigenvalue weighted by atomic mass is 79.9. The molecule has 0 radical (unpaired) electrons. The van der Waals surface area contributed by atoms with Gasteiger partial charge in [0.1, 0.15) is 0 Å². The van der Waals surface area contributed by atoms with E-state index in [9.17, 15) is 4.79 Å². The van der Waals surface area contributed by atoms with E-state index in [4.69, 9.17) is 0 Å². The van der Waals surface area contributed by atoms with Gasteiger partial charge in [0.25, 0.3) is 0 Å². The number of hydrogen-bond donors (Lipinski definition) is 2. The molecule has 0 aliphatic carbocycles. The lowest BCUT2D eigenvalue weighted by atomic mass is 10.7. The summed E-state index contributed by atoms with van der Waals surface area (Å²) in [6.45, 7) is 4.01. The summed E-state index contributed by atoms with van der Waals surface area (Å²) in [5, 5.41) is 0. The van der Waals surface area contributed by atoms with Crippen LogP contribution in [0.25, 0.3) is 0 Å². The molecule has 2 N–H and O–H groups in total. The highest BCUT2D eigenvalue weighted by Crippen LogP contribution is 1.95. The molecule has 1 amide bonds. The number of hydrazine groups is 1. The van der Waals surface area contributed by atoms with Gasteiger partial charge in [0.2, 0.25) is 0 Å². The van der Waals surface area contributed by atoms with Crippen molar-refractivity contribution in [1.29, 1.82) is 0 Å². The first-order chi connectivity index (χ1) is 4.66. The number of methoxy groups -OCH3 is 1. The molecule has 0 spiro atoms. The molecular formula is C5H9BrN2O2. The van der Waals surface area contributed by atoms with Crippen molar-refractivity contribution in [2.75, 3.05) is 13.7 Å². The Morgan fingerprint density at radius 3 is 2.80 bits per heavy atom. The van der Waals surface area contributed by atoms with E-state index in [1.54, 1.807) is 0 Å². The van der Waals surface area contributed by atoms with E-state index in [0.29, 0.717) is 6.54 Å². The summed E-state index contributed by atoms with van der Waals surface area (Å²) in [6, 6.07) is 0. The topological polar surface area (TPSA) is 50.4 Å². The number of nitrogens with one attached hydrogen (secondary N) is 2. The van der Waals surface area contributed by atoms with Crippen LogP contribution in [0.15, 0.2) is 11.1 Å². The molecule has 0 heterocycles. The van der Waals surface area contributed by atoms with E-state index in [2.05, 4.69) is 38.1 Å². The highest BCUT2D eigenvalue weighted by Gasteiger charge is 1.94. The molecule has 0 unspecified atom stereocenters. The second-order valence-electron chi connectivity index (χ2n) is 1.49. The lowest BCUT2D eigenvalue weighted by Gasteiger charge is -2.03. The Morgan fingerprint density at radius 2 is 2.40 bits per heavy atom. The molecule has 0 aliphatic heterocycles. The highest BCUT2D eigenvalue weighted by molar-refractivity contribution is 9.11. The van der Waals surface area contributed by atoms with Crippen molar-refractivity contribution in [3.8, 4) is 0 Å². The van der Waals surface area contributed by atoms with E-state index in [1.165, 1.54) is 7.11 Å². The number of amides is 1. The second-order valence-corrected chi connectivity index (χ2v) is 2.61. The first kappa shape index (κ1) is 9.45. The lowest BCUT2D eigenvalue weighted by Crippen LogP contribution is -2.37.